The molecule has 0 aromatic heterocycles. The van der Waals surface area contributed by atoms with E-state index >= 15 is 0 Å². The highest BCUT2D eigenvalue weighted by Gasteiger charge is 2.43. The lowest BCUT2D eigenvalue weighted by Crippen LogP contribution is -2.40. The summed E-state index contributed by atoms with van der Waals surface area (Å²) in [5, 5.41) is -0.306. The van der Waals surface area contributed by atoms with Gasteiger partial charge in [-0.25, -0.2) is 4.39 Å². The number of hydrogen-bond acceptors (Lipinski definition) is 2. The molecule has 0 N–H and O–H groups in total. The summed E-state index contributed by atoms with van der Waals surface area (Å²) >= 11 is 5.63. The van der Waals surface area contributed by atoms with Crippen molar-refractivity contribution >= 4 is 17.6 Å². The minimum absolute atomic E-state index is 0.212. The summed E-state index contributed by atoms with van der Waals surface area (Å²) in [7, 11) is 0. The molecule has 196 valence electrons. The fourth-order valence-electron chi connectivity index (χ4n) is 7.48. The third-order valence-electron chi connectivity index (χ3n) is 9.48. The molecule has 35 heavy (non-hydrogen) atoms. The maximum Gasteiger partial charge on any atom is 0.314 e. The average Bonchev–Trinajstić information content (AvgIpc) is 2.88. The molecule has 1 aromatic carbocycles. The molecule has 3 aliphatic rings. The van der Waals surface area contributed by atoms with Gasteiger partial charge in [0.25, 0.3) is 0 Å². The third-order valence-corrected chi connectivity index (χ3v) is 9.77. The molecule has 4 rings (SSSR count). The first-order valence-corrected chi connectivity index (χ1v) is 14.7. The fraction of sp³-hybridized carbons (Fsp3) is 0.767. The number of fused-ring (bicyclic) bond motifs is 1. The zero-order valence-corrected chi connectivity index (χ0v) is 22.1. The van der Waals surface area contributed by atoms with Crippen LogP contribution in [0.3, 0.4) is 0 Å². The second-order valence-corrected chi connectivity index (χ2v) is 12.0. The molecule has 3 saturated carbocycles. The van der Waals surface area contributed by atoms with Gasteiger partial charge in [0.1, 0.15) is 0 Å². The normalized spacial score (nSPS) is 31.1. The molecule has 2 nitrogen and oxygen atoms in total. The first-order valence-electron chi connectivity index (χ1n) is 14.3. The summed E-state index contributed by atoms with van der Waals surface area (Å²) in [6, 6.07) is 2.48. The van der Waals surface area contributed by atoms with Crippen LogP contribution in [-0.4, -0.2) is 5.97 Å². The summed E-state index contributed by atoms with van der Waals surface area (Å²) in [6.07, 6.45) is 20.4. The largest absolute Gasteiger partial charge is 0.423 e. The number of benzene rings is 1. The molecule has 4 atom stereocenters. The minimum atomic E-state index is -1.18. The molecule has 0 saturated heterocycles. The third kappa shape index (κ3) is 6.79. The predicted molar refractivity (Wildman–Crippen MR) is 137 cm³/mol. The van der Waals surface area contributed by atoms with Crippen LogP contribution in [0.25, 0.3) is 0 Å². The maximum atomic E-state index is 14.2. The number of unbranched alkanes of at least 4 members (excludes halogenated alkanes) is 4. The number of ether oxygens (including phenoxy) is 1. The highest BCUT2D eigenvalue weighted by atomic mass is 35.5. The lowest BCUT2D eigenvalue weighted by molar-refractivity contribution is -0.144. The van der Waals surface area contributed by atoms with Gasteiger partial charge >= 0.3 is 5.97 Å². The van der Waals surface area contributed by atoms with E-state index in [1.54, 1.807) is 0 Å². The Bertz CT molecular complexity index is 836. The van der Waals surface area contributed by atoms with Gasteiger partial charge in [-0.1, -0.05) is 82.7 Å². The summed E-state index contributed by atoms with van der Waals surface area (Å²) in [5.41, 5.74) is 0. The van der Waals surface area contributed by atoms with Crippen LogP contribution in [0.2, 0.25) is 5.02 Å². The number of esters is 1. The Kier molecular flexibility index (Phi) is 9.90. The first kappa shape index (κ1) is 26.9. The molecule has 1 aromatic rings. The van der Waals surface area contributed by atoms with Crippen molar-refractivity contribution in [2.45, 2.75) is 110 Å². The predicted octanol–water partition coefficient (Wildman–Crippen LogP) is 9.52. The van der Waals surface area contributed by atoms with Crippen molar-refractivity contribution in [1.29, 1.82) is 0 Å². The molecular formula is C30H43ClF2O2. The highest BCUT2D eigenvalue weighted by Crippen LogP contribution is 2.50. The van der Waals surface area contributed by atoms with Crippen molar-refractivity contribution in [1.82, 2.24) is 0 Å². The van der Waals surface area contributed by atoms with E-state index in [-0.39, 0.29) is 16.7 Å². The zero-order valence-electron chi connectivity index (χ0n) is 21.4. The molecule has 4 unspecified atom stereocenters. The number of carbonyl (C=O) groups is 1. The molecule has 3 fully saturated rings. The molecule has 0 aliphatic heterocycles. The molecular weight excluding hydrogens is 466 g/mol. The van der Waals surface area contributed by atoms with Crippen LogP contribution in [0.5, 0.6) is 5.75 Å². The van der Waals surface area contributed by atoms with Gasteiger partial charge in [-0.05, 0) is 80.2 Å². The van der Waals surface area contributed by atoms with Gasteiger partial charge in [0.15, 0.2) is 11.6 Å². The van der Waals surface area contributed by atoms with Crippen molar-refractivity contribution in [2.75, 3.05) is 0 Å². The van der Waals surface area contributed by atoms with Crippen LogP contribution in [0, 0.1) is 47.1 Å². The van der Waals surface area contributed by atoms with Crippen LogP contribution in [0.1, 0.15) is 110 Å². The fourth-order valence-corrected chi connectivity index (χ4v) is 7.62. The monoisotopic (exact) mass is 508 g/mol. The van der Waals surface area contributed by atoms with Crippen molar-refractivity contribution in [3.05, 3.63) is 28.8 Å². The van der Waals surface area contributed by atoms with E-state index in [4.69, 9.17) is 16.3 Å². The Hall–Kier alpha value is -1.16. The lowest BCUT2D eigenvalue weighted by atomic mass is 9.59. The van der Waals surface area contributed by atoms with Gasteiger partial charge in [-0.3, -0.25) is 4.79 Å². The van der Waals surface area contributed by atoms with Crippen LogP contribution < -0.4 is 4.74 Å². The number of hydrogen-bond donors (Lipinski definition) is 0. The van der Waals surface area contributed by atoms with E-state index in [1.807, 2.05) is 0 Å². The Morgan fingerprint density at radius 2 is 1.63 bits per heavy atom. The number of carbonyl (C=O) groups excluding carboxylic acids is 1. The maximum absolute atomic E-state index is 14.2. The highest BCUT2D eigenvalue weighted by molar-refractivity contribution is 6.30. The molecule has 3 aliphatic carbocycles. The Balaban J connectivity index is 1.25. The molecule has 0 heterocycles. The van der Waals surface area contributed by atoms with Gasteiger partial charge in [-0.2, -0.15) is 4.39 Å². The first-order chi connectivity index (χ1) is 17.0. The van der Waals surface area contributed by atoms with E-state index < -0.39 is 17.6 Å². The summed E-state index contributed by atoms with van der Waals surface area (Å²) < 4.78 is 33.4. The second kappa shape index (κ2) is 12.9. The molecule has 0 bridgehead atoms. The summed E-state index contributed by atoms with van der Waals surface area (Å²) in [4.78, 5) is 13.0. The molecule has 0 amide bonds. The van der Waals surface area contributed by atoms with Gasteiger partial charge < -0.3 is 4.74 Å². The molecule has 0 radical (unpaired) electrons. The van der Waals surface area contributed by atoms with Crippen molar-refractivity contribution in [2.24, 2.45) is 35.5 Å². The summed E-state index contributed by atoms with van der Waals surface area (Å²) in [6.45, 7) is 2.28. The quantitative estimate of drug-likeness (QED) is 0.144. The van der Waals surface area contributed by atoms with Crippen LogP contribution in [0.4, 0.5) is 8.78 Å². The van der Waals surface area contributed by atoms with Crippen molar-refractivity contribution in [3.63, 3.8) is 0 Å². The van der Waals surface area contributed by atoms with E-state index in [9.17, 15) is 13.6 Å². The van der Waals surface area contributed by atoms with E-state index in [1.165, 1.54) is 95.6 Å². The minimum Gasteiger partial charge on any atom is -0.423 e. The zero-order chi connectivity index (χ0) is 24.8. The lowest BCUT2D eigenvalue weighted by Gasteiger charge is -2.46. The van der Waals surface area contributed by atoms with Crippen LogP contribution in [-0.2, 0) is 4.79 Å². The second-order valence-electron chi connectivity index (χ2n) is 11.6. The van der Waals surface area contributed by atoms with Gasteiger partial charge in [-0.15, -0.1) is 0 Å². The Labute approximate surface area is 215 Å². The topological polar surface area (TPSA) is 26.3 Å². The van der Waals surface area contributed by atoms with Crippen LogP contribution >= 0.6 is 11.6 Å². The van der Waals surface area contributed by atoms with E-state index in [2.05, 4.69) is 6.92 Å². The Morgan fingerprint density at radius 3 is 2.40 bits per heavy atom. The van der Waals surface area contributed by atoms with Crippen molar-refractivity contribution in [3.8, 4) is 5.75 Å². The molecule has 5 heteroatoms. The average molecular weight is 509 g/mol. The van der Waals surface area contributed by atoms with E-state index in [0.717, 1.165) is 37.0 Å². The van der Waals surface area contributed by atoms with Gasteiger partial charge in [0, 0.05) is 0 Å². The molecule has 0 spiro atoms. The Morgan fingerprint density at radius 1 is 0.886 bits per heavy atom. The summed E-state index contributed by atoms with van der Waals surface area (Å²) in [5.74, 6) is 0.143. The smallest absolute Gasteiger partial charge is 0.314 e. The number of rotatable bonds is 9. The van der Waals surface area contributed by atoms with Gasteiger partial charge in [0.2, 0.25) is 5.82 Å². The van der Waals surface area contributed by atoms with Gasteiger partial charge in [0.05, 0.1) is 10.9 Å². The standard InChI is InChI=1S/C30H43ClF2O2/c1-2-3-4-5-6-8-20-11-13-21(14-12-20)22-15-16-24-23(19-22)9-7-10-25(24)30(34)35-27-18-17-26(31)28(32)29(27)33/h17-18,20-25H,2-16,19H2,1H3. The number of halogens is 3. The van der Waals surface area contributed by atoms with Crippen LogP contribution in [0.15, 0.2) is 12.1 Å². The SMILES string of the molecule is CCCCCCCC1CCC(C2CCC3C(CCCC3C(=O)Oc3ccc(Cl)c(F)c3F)C2)CC1. The van der Waals surface area contributed by atoms with E-state index in [0.29, 0.717) is 11.8 Å². The van der Waals surface area contributed by atoms with Crippen molar-refractivity contribution < 1.29 is 18.3 Å².